The average molecular weight is 240 g/mol. The summed E-state index contributed by atoms with van der Waals surface area (Å²) in [5, 5.41) is 3.44. The third-order valence-corrected chi connectivity index (χ3v) is 4.03. The Labute approximate surface area is 103 Å². The SMILES string of the molecule is CC(CN)C(C)Cc1nc(C(C)(C)C)cs1. The molecule has 0 aromatic carbocycles. The Morgan fingerprint density at radius 3 is 2.38 bits per heavy atom. The minimum absolute atomic E-state index is 0.164. The van der Waals surface area contributed by atoms with Crippen molar-refractivity contribution in [1.82, 2.24) is 4.98 Å². The molecule has 0 aliphatic rings. The van der Waals surface area contributed by atoms with Gasteiger partial charge >= 0.3 is 0 Å². The van der Waals surface area contributed by atoms with Crippen molar-refractivity contribution in [3.05, 3.63) is 16.1 Å². The number of nitrogens with two attached hydrogens (primary N) is 1. The number of hydrogen-bond acceptors (Lipinski definition) is 3. The van der Waals surface area contributed by atoms with E-state index in [4.69, 9.17) is 10.7 Å². The number of aromatic nitrogens is 1. The fourth-order valence-electron chi connectivity index (χ4n) is 1.46. The minimum atomic E-state index is 0.164. The van der Waals surface area contributed by atoms with Gasteiger partial charge in [-0.05, 0) is 18.4 Å². The van der Waals surface area contributed by atoms with Gasteiger partial charge in [0.1, 0.15) is 0 Å². The summed E-state index contributed by atoms with van der Waals surface area (Å²) in [6.07, 6.45) is 1.05. The summed E-state index contributed by atoms with van der Waals surface area (Å²) < 4.78 is 0. The quantitative estimate of drug-likeness (QED) is 0.877. The molecule has 2 atom stereocenters. The second-order valence-corrected chi connectivity index (χ2v) is 6.71. The molecule has 3 heteroatoms. The Morgan fingerprint density at radius 2 is 1.94 bits per heavy atom. The lowest BCUT2D eigenvalue weighted by molar-refractivity contribution is 0.393. The minimum Gasteiger partial charge on any atom is -0.330 e. The Balaban J connectivity index is 2.66. The fourth-order valence-corrected chi connectivity index (χ4v) is 2.62. The van der Waals surface area contributed by atoms with Crippen molar-refractivity contribution in [3.63, 3.8) is 0 Å². The van der Waals surface area contributed by atoms with E-state index in [0.717, 1.165) is 13.0 Å². The molecule has 0 fully saturated rings. The van der Waals surface area contributed by atoms with Crippen LogP contribution in [0.5, 0.6) is 0 Å². The number of nitrogens with zero attached hydrogens (tertiary/aromatic N) is 1. The zero-order valence-electron chi connectivity index (χ0n) is 11.1. The standard InChI is InChI=1S/C13H24N2S/c1-9(10(2)7-14)6-12-15-11(8-16-12)13(3,4)5/h8-10H,6-7,14H2,1-5H3. The first-order valence-corrected chi connectivity index (χ1v) is 6.87. The maximum Gasteiger partial charge on any atom is 0.0931 e. The van der Waals surface area contributed by atoms with Crippen LogP contribution >= 0.6 is 11.3 Å². The molecule has 0 saturated heterocycles. The van der Waals surface area contributed by atoms with Crippen LogP contribution in [-0.2, 0) is 11.8 Å². The maximum atomic E-state index is 5.68. The molecule has 16 heavy (non-hydrogen) atoms. The summed E-state index contributed by atoms with van der Waals surface area (Å²) in [6.45, 7) is 11.9. The Kier molecular flexibility index (Phi) is 4.51. The third-order valence-electron chi connectivity index (χ3n) is 3.16. The van der Waals surface area contributed by atoms with Crippen LogP contribution in [0.2, 0.25) is 0 Å². The topological polar surface area (TPSA) is 38.9 Å². The van der Waals surface area contributed by atoms with E-state index in [1.807, 2.05) is 0 Å². The molecule has 2 nitrogen and oxygen atoms in total. The van der Waals surface area contributed by atoms with Gasteiger partial charge in [-0.15, -0.1) is 11.3 Å². The monoisotopic (exact) mass is 240 g/mol. The molecule has 0 bridgehead atoms. The Hall–Kier alpha value is -0.410. The smallest absolute Gasteiger partial charge is 0.0931 e. The lowest BCUT2D eigenvalue weighted by Gasteiger charge is -2.17. The highest BCUT2D eigenvalue weighted by Gasteiger charge is 2.19. The molecule has 1 aromatic heterocycles. The summed E-state index contributed by atoms with van der Waals surface area (Å²) in [7, 11) is 0. The van der Waals surface area contributed by atoms with E-state index in [0.29, 0.717) is 11.8 Å². The molecule has 0 amide bonds. The Morgan fingerprint density at radius 1 is 1.31 bits per heavy atom. The van der Waals surface area contributed by atoms with E-state index in [2.05, 4.69) is 40.0 Å². The molecule has 0 saturated carbocycles. The second-order valence-electron chi connectivity index (χ2n) is 5.77. The first-order valence-electron chi connectivity index (χ1n) is 5.99. The molecule has 0 spiro atoms. The molecule has 2 N–H and O–H groups in total. The highest BCUT2D eigenvalue weighted by Crippen LogP contribution is 2.26. The van der Waals surface area contributed by atoms with Crippen LogP contribution in [0.1, 0.15) is 45.3 Å². The van der Waals surface area contributed by atoms with Crippen LogP contribution < -0.4 is 5.73 Å². The van der Waals surface area contributed by atoms with E-state index in [-0.39, 0.29) is 5.41 Å². The number of hydrogen-bond donors (Lipinski definition) is 1. The van der Waals surface area contributed by atoms with Crippen molar-refractivity contribution in [1.29, 1.82) is 0 Å². The van der Waals surface area contributed by atoms with Crippen molar-refractivity contribution in [2.24, 2.45) is 17.6 Å². The van der Waals surface area contributed by atoms with Gasteiger partial charge in [-0.3, -0.25) is 0 Å². The highest BCUT2D eigenvalue weighted by molar-refractivity contribution is 7.09. The summed E-state index contributed by atoms with van der Waals surface area (Å²) in [5.41, 5.74) is 7.06. The van der Waals surface area contributed by atoms with Crippen molar-refractivity contribution in [2.45, 2.75) is 46.5 Å². The van der Waals surface area contributed by atoms with Crippen molar-refractivity contribution >= 4 is 11.3 Å². The van der Waals surface area contributed by atoms with Crippen molar-refractivity contribution in [2.75, 3.05) is 6.54 Å². The van der Waals surface area contributed by atoms with Gasteiger partial charge in [0.2, 0.25) is 0 Å². The summed E-state index contributed by atoms with van der Waals surface area (Å²) in [4.78, 5) is 4.72. The van der Waals surface area contributed by atoms with Gasteiger partial charge in [0.25, 0.3) is 0 Å². The van der Waals surface area contributed by atoms with Crippen LogP contribution in [0.3, 0.4) is 0 Å². The average Bonchev–Trinajstić information content (AvgIpc) is 2.64. The van der Waals surface area contributed by atoms with Crippen LogP contribution in [-0.4, -0.2) is 11.5 Å². The molecule has 92 valence electrons. The van der Waals surface area contributed by atoms with Crippen LogP contribution in [0.15, 0.2) is 5.38 Å². The summed E-state index contributed by atoms with van der Waals surface area (Å²) >= 11 is 1.78. The van der Waals surface area contributed by atoms with Gasteiger partial charge in [0.15, 0.2) is 0 Å². The molecular weight excluding hydrogens is 216 g/mol. The van der Waals surface area contributed by atoms with E-state index in [1.54, 1.807) is 11.3 Å². The lowest BCUT2D eigenvalue weighted by atomic mass is 9.92. The molecule has 0 aliphatic carbocycles. The molecule has 0 aliphatic heterocycles. The molecule has 1 rings (SSSR count). The molecule has 1 aromatic rings. The zero-order valence-corrected chi connectivity index (χ0v) is 11.9. The summed E-state index contributed by atoms with van der Waals surface area (Å²) in [5.74, 6) is 1.19. The zero-order chi connectivity index (χ0) is 12.3. The van der Waals surface area contributed by atoms with Gasteiger partial charge in [-0.1, -0.05) is 34.6 Å². The van der Waals surface area contributed by atoms with Gasteiger partial charge < -0.3 is 5.73 Å². The highest BCUT2D eigenvalue weighted by atomic mass is 32.1. The summed E-state index contributed by atoms with van der Waals surface area (Å²) in [6, 6.07) is 0. The maximum absolute atomic E-state index is 5.68. The third kappa shape index (κ3) is 3.56. The largest absolute Gasteiger partial charge is 0.330 e. The molecule has 1 heterocycles. The van der Waals surface area contributed by atoms with Gasteiger partial charge in [0.05, 0.1) is 10.7 Å². The van der Waals surface area contributed by atoms with Crippen molar-refractivity contribution in [3.8, 4) is 0 Å². The van der Waals surface area contributed by atoms with Gasteiger partial charge in [-0.25, -0.2) is 4.98 Å². The molecular formula is C13H24N2S. The van der Waals surface area contributed by atoms with Crippen LogP contribution in [0.4, 0.5) is 0 Å². The number of rotatable bonds is 4. The van der Waals surface area contributed by atoms with Crippen LogP contribution in [0.25, 0.3) is 0 Å². The Bertz CT molecular complexity index is 325. The lowest BCUT2D eigenvalue weighted by Crippen LogP contribution is -2.20. The first-order chi connectivity index (χ1) is 7.34. The van der Waals surface area contributed by atoms with E-state index in [9.17, 15) is 0 Å². The van der Waals surface area contributed by atoms with Crippen LogP contribution in [0, 0.1) is 11.8 Å². The van der Waals surface area contributed by atoms with Crippen molar-refractivity contribution < 1.29 is 0 Å². The molecule has 0 radical (unpaired) electrons. The van der Waals surface area contributed by atoms with E-state index < -0.39 is 0 Å². The predicted octanol–water partition coefficient (Wildman–Crippen LogP) is 3.21. The van der Waals surface area contributed by atoms with Gasteiger partial charge in [0, 0.05) is 17.2 Å². The predicted molar refractivity (Wildman–Crippen MR) is 71.9 cm³/mol. The second kappa shape index (κ2) is 5.28. The molecule has 2 unspecified atom stereocenters. The normalized spacial score (nSPS) is 16.1. The fraction of sp³-hybridized carbons (Fsp3) is 0.769. The number of thiazole rings is 1. The van der Waals surface area contributed by atoms with Gasteiger partial charge in [-0.2, -0.15) is 0 Å². The van der Waals surface area contributed by atoms with E-state index >= 15 is 0 Å². The van der Waals surface area contributed by atoms with E-state index in [1.165, 1.54) is 10.7 Å². The first kappa shape index (κ1) is 13.7.